The van der Waals surface area contributed by atoms with Crippen molar-refractivity contribution in [3.8, 4) is 0 Å². The third-order valence-corrected chi connectivity index (χ3v) is 6.56. The number of hydrogen-bond acceptors (Lipinski definition) is 5. The number of amides is 1. The number of nitrogens with zero attached hydrogens (tertiary/aromatic N) is 4. The van der Waals surface area contributed by atoms with Gasteiger partial charge in [0.1, 0.15) is 5.82 Å². The molecule has 2 atom stereocenters. The fourth-order valence-corrected chi connectivity index (χ4v) is 4.84. The van der Waals surface area contributed by atoms with E-state index in [4.69, 9.17) is 16.6 Å². The zero-order valence-electron chi connectivity index (χ0n) is 19.6. The molecule has 0 fully saturated rings. The van der Waals surface area contributed by atoms with E-state index >= 15 is 0 Å². The molecule has 0 spiro atoms. The molecule has 178 valence electrons. The van der Waals surface area contributed by atoms with Crippen LogP contribution in [0.3, 0.4) is 0 Å². The summed E-state index contributed by atoms with van der Waals surface area (Å²) in [7, 11) is 1.86. The summed E-state index contributed by atoms with van der Waals surface area (Å²) in [6, 6.07) is 12.9. The molecule has 2 heterocycles. The molecule has 0 saturated heterocycles. The van der Waals surface area contributed by atoms with E-state index in [0.29, 0.717) is 55.8 Å². The zero-order valence-corrected chi connectivity index (χ0v) is 20.3. The fourth-order valence-electron chi connectivity index (χ4n) is 4.54. The molecule has 2 aromatic heterocycles. The van der Waals surface area contributed by atoms with E-state index in [9.17, 15) is 9.59 Å². The van der Waals surface area contributed by atoms with Crippen LogP contribution in [0.1, 0.15) is 52.4 Å². The van der Waals surface area contributed by atoms with E-state index in [1.165, 1.54) is 0 Å². The molecule has 0 bridgehead atoms. The molecular formula is C26H30ClN5O2. The predicted molar refractivity (Wildman–Crippen MR) is 133 cm³/mol. The lowest BCUT2D eigenvalue weighted by Gasteiger charge is -2.32. The van der Waals surface area contributed by atoms with Gasteiger partial charge >= 0.3 is 0 Å². The first kappa shape index (κ1) is 24.1. The van der Waals surface area contributed by atoms with Crippen molar-refractivity contribution in [1.29, 1.82) is 0 Å². The molecule has 0 radical (unpaired) electrons. The highest BCUT2D eigenvalue weighted by Gasteiger charge is 2.32. The lowest BCUT2D eigenvalue weighted by atomic mass is 10.1. The van der Waals surface area contributed by atoms with Crippen molar-refractivity contribution >= 4 is 17.5 Å². The average Bonchev–Trinajstić information content (AvgIpc) is 3.25. The lowest BCUT2D eigenvalue weighted by Crippen LogP contribution is -2.42. The van der Waals surface area contributed by atoms with Crippen molar-refractivity contribution in [2.45, 2.75) is 44.1 Å². The maximum absolute atomic E-state index is 13.7. The topological polar surface area (TPSA) is 80.1 Å². The molecule has 8 heteroatoms. The maximum Gasteiger partial charge on any atom is 0.257 e. The number of pyridine rings is 1. The molecule has 1 N–H and O–H groups in total. The van der Waals surface area contributed by atoms with Gasteiger partial charge in [0.2, 0.25) is 0 Å². The minimum atomic E-state index is -0.370. The van der Waals surface area contributed by atoms with E-state index in [-0.39, 0.29) is 22.9 Å². The van der Waals surface area contributed by atoms with E-state index in [0.717, 1.165) is 11.3 Å². The Morgan fingerprint density at radius 1 is 1.21 bits per heavy atom. The minimum Gasteiger partial charge on any atom is -0.327 e. The Kier molecular flexibility index (Phi) is 7.75. The number of carbonyl (C=O) groups is 1. The molecule has 1 amide bonds. The Morgan fingerprint density at radius 2 is 1.94 bits per heavy atom. The number of benzene rings is 1. The van der Waals surface area contributed by atoms with Crippen LogP contribution in [-0.4, -0.2) is 50.9 Å². The minimum absolute atomic E-state index is 0.0598. The molecule has 2 unspecified atom stereocenters. The number of nitrogens with one attached hydrogen (secondary N) is 1. The number of hydrogen-bond donors (Lipinski definition) is 1. The highest BCUT2D eigenvalue weighted by atomic mass is 35.5. The van der Waals surface area contributed by atoms with Crippen molar-refractivity contribution in [2.24, 2.45) is 0 Å². The molecule has 4 rings (SSSR count). The standard InChI is InChI=1S/C26H30ClN5O2/c1-3-23(31(14-13-28-2)25(33)19-9-11-29-12-10-19)24-30-22-16-20(27)15-21(22)26(34)32(24)17-18-7-5-4-6-8-18/h4-12,20,23,28H,3,13-17H2,1-2H3. The van der Waals surface area contributed by atoms with Crippen LogP contribution in [-0.2, 0) is 19.4 Å². The van der Waals surface area contributed by atoms with Crippen LogP contribution >= 0.6 is 11.6 Å². The monoisotopic (exact) mass is 479 g/mol. The number of halogens is 1. The number of likely N-dealkylation sites (N-methyl/N-ethyl adjacent to an activating group) is 1. The van der Waals surface area contributed by atoms with Crippen molar-refractivity contribution in [3.05, 3.63) is 93.4 Å². The summed E-state index contributed by atoms with van der Waals surface area (Å²) < 4.78 is 1.74. The molecule has 1 aliphatic carbocycles. The largest absolute Gasteiger partial charge is 0.327 e. The molecular weight excluding hydrogens is 450 g/mol. The van der Waals surface area contributed by atoms with Crippen molar-refractivity contribution in [3.63, 3.8) is 0 Å². The van der Waals surface area contributed by atoms with Gasteiger partial charge in [0, 0.05) is 48.4 Å². The van der Waals surface area contributed by atoms with Crippen LogP contribution in [0.25, 0.3) is 0 Å². The van der Waals surface area contributed by atoms with E-state index in [1.807, 2.05) is 49.2 Å². The number of rotatable bonds is 9. The Bertz CT molecular complexity index is 1180. The number of fused-ring (bicyclic) bond motifs is 1. The summed E-state index contributed by atoms with van der Waals surface area (Å²) in [6.07, 6.45) is 4.93. The number of carbonyl (C=O) groups excluding carboxylic acids is 1. The summed E-state index contributed by atoms with van der Waals surface area (Å²) in [5.74, 6) is 0.500. The highest BCUT2D eigenvalue weighted by Crippen LogP contribution is 2.28. The van der Waals surface area contributed by atoms with Gasteiger partial charge < -0.3 is 10.2 Å². The maximum atomic E-state index is 13.7. The van der Waals surface area contributed by atoms with Crippen molar-refractivity contribution < 1.29 is 4.79 Å². The second-order valence-electron chi connectivity index (χ2n) is 8.54. The molecule has 1 aliphatic rings. The summed E-state index contributed by atoms with van der Waals surface area (Å²) >= 11 is 6.42. The Morgan fingerprint density at radius 3 is 2.62 bits per heavy atom. The van der Waals surface area contributed by atoms with E-state index in [2.05, 4.69) is 10.3 Å². The molecule has 1 aromatic carbocycles. The van der Waals surface area contributed by atoms with Crippen LogP contribution in [0.2, 0.25) is 0 Å². The van der Waals surface area contributed by atoms with Crippen molar-refractivity contribution in [1.82, 2.24) is 24.8 Å². The second-order valence-corrected chi connectivity index (χ2v) is 9.16. The van der Waals surface area contributed by atoms with Gasteiger partial charge in [-0.1, -0.05) is 37.3 Å². The third-order valence-electron chi connectivity index (χ3n) is 6.25. The van der Waals surface area contributed by atoms with Crippen LogP contribution in [0, 0.1) is 0 Å². The lowest BCUT2D eigenvalue weighted by molar-refractivity contribution is 0.0659. The fraction of sp³-hybridized carbons (Fsp3) is 0.385. The SMILES string of the molecule is CCC(c1nc2c(c(=O)n1Cc1ccccc1)CC(Cl)C2)N(CCNC)C(=O)c1ccncc1. The smallest absolute Gasteiger partial charge is 0.257 e. The van der Waals surface area contributed by atoms with E-state index < -0.39 is 0 Å². The van der Waals surface area contributed by atoms with Gasteiger partial charge in [-0.25, -0.2) is 4.98 Å². The summed E-state index contributed by atoms with van der Waals surface area (Å²) in [6.45, 7) is 3.51. The van der Waals surface area contributed by atoms with Gasteiger partial charge in [0.15, 0.2) is 0 Å². The molecule has 34 heavy (non-hydrogen) atoms. The van der Waals surface area contributed by atoms with E-state index in [1.54, 1.807) is 29.1 Å². The first-order chi connectivity index (χ1) is 16.5. The first-order valence-electron chi connectivity index (χ1n) is 11.7. The summed E-state index contributed by atoms with van der Waals surface area (Å²) in [4.78, 5) is 38.1. The van der Waals surface area contributed by atoms with Crippen molar-refractivity contribution in [2.75, 3.05) is 20.1 Å². The normalized spacial score (nSPS) is 15.7. The Balaban J connectivity index is 1.83. The Hall–Kier alpha value is -3.03. The molecule has 3 aromatic rings. The molecule has 7 nitrogen and oxygen atoms in total. The van der Waals surface area contributed by atoms with Crippen LogP contribution in [0.15, 0.2) is 59.7 Å². The van der Waals surface area contributed by atoms with Gasteiger partial charge in [0.25, 0.3) is 11.5 Å². The highest BCUT2D eigenvalue weighted by molar-refractivity contribution is 6.21. The van der Waals surface area contributed by atoms with Gasteiger partial charge in [-0.2, -0.15) is 0 Å². The second kappa shape index (κ2) is 10.9. The average molecular weight is 480 g/mol. The summed E-state index contributed by atoms with van der Waals surface area (Å²) in [5.41, 5.74) is 2.95. The van der Waals surface area contributed by atoms with Gasteiger partial charge in [-0.05, 0) is 37.6 Å². The number of aromatic nitrogens is 3. The van der Waals surface area contributed by atoms with Gasteiger partial charge in [0.05, 0.1) is 18.3 Å². The van der Waals surface area contributed by atoms with Gasteiger partial charge in [-0.3, -0.25) is 19.1 Å². The molecule has 0 saturated carbocycles. The number of alkyl halides is 1. The van der Waals surface area contributed by atoms with Crippen LogP contribution in [0.5, 0.6) is 0 Å². The van der Waals surface area contributed by atoms with Crippen LogP contribution < -0.4 is 10.9 Å². The first-order valence-corrected chi connectivity index (χ1v) is 12.1. The van der Waals surface area contributed by atoms with Crippen LogP contribution in [0.4, 0.5) is 0 Å². The zero-order chi connectivity index (χ0) is 24.1. The Labute approximate surface area is 204 Å². The summed E-state index contributed by atoms with van der Waals surface area (Å²) in [5, 5.41) is 3.01. The molecule has 0 aliphatic heterocycles. The predicted octanol–water partition coefficient (Wildman–Crippen LogP) is 3.21. The quantitative estimate of drug-likeness (QED) is 0.477. The third kappa shape index (κ3) is 5.05. The van der Waals surface area contributed by atoms with Gasteiger partial charge in [-0.15, -0.1) is 11.6 Å².